The first kappa shape index (κ1) is 21.2. The number of fused-ring (bicyclic) bond motifs is 1. The van der Waals surface area contributed by atoms with Gasteiger partial charge < -0.3 is 19.5 Å². The van der Waals surface area contributed by atoms with Gasteiger partial charge in [-0.2, -0.15) is 0 Å². The predicted molar refractivity (Wildman–Crippen MR) is 119 cm³/mol. The molecule has 2 aromatic rings. The smallest absolute Gasteiger partial charge is 0.231 e. The van der Waals surface area contributed by atoms with Gasteiger partial charge in [0.2, 0.25) is 6.79 Å². The lowest BCUT2D eigenvalue weighted by Crippen LogP contribution is -2.82. The molecular weight excluding hydrogens is 374 g/mol. The Bertz CT molecular complexity index is 831. The highest BCUT2D eigenvalue weighted by molar-refractivity contribution is 5.44. The highest BCUT2D eigenvalue weighted by Gasteiger charge is 2.34. The summed E-state index contributed by atoms with van der Waals surface area (Å²) in [7, 11) is 0. The lowest BCUT2D eigenvalue weighted by atomic mass is 9.74. The number of rotatable bonds is 8. The molecular formula is C26H36NO3+. The highest BCUT2D eigenvalue weighted by Crippen LogP contribution is 2.40. The number of hydrogen-bond donors (Lipinski definition) is 1. The van der Waals surface area contributed by atoms with Crippen LogP contribution in [-0.2, 0) is 11.3 Å². The SMILES string of the molecule is Cc1ccc([C@H](CCC[NH2+]Cc2ccc3c(c2)OCO3)[C@H]2CCOC(C)(C)C2)cc1. The fraction of sp³-hybridized carbons (Fsp3) is 0.538. The molecule has 0 aliphatic carbocycles. The fourth-order valence-electron chi connectivity index (χ4n) is 4.93. The molecule has 4 heteroatoms. The summed E-state index contributed by atoms with van der Waals surface area (Å²) in [6.45, 7) is 10.00. The van der Waals surface area contributed by atoms with E-state index in [1.807, 2.05) is 6.07 Å². The van der Waals surface area contributed by atoms with E-state index in [0.29, 0.717) is 18.6 Å². The van der Waals surface area contributed by atoms with Gasteiger partial charge in [0.25, 0.3) is 0 Å². The van der Waals surface area contributed by atoms with E-state index >= 15 is 0 Å². The van der Waals surface area contributed by atoms with Crippen LogP contribution in [-0.4, -0.2) is 25.5 Å². The third-order valence-electron chi connectivity index (χ3n) is 6.55. The maximum absolute atomic E-state index is 6.00. The molecule has 0 aromatic heterocycles. The van der Waals surface area contributed by atoms with E-state index < -0.39 is 0 Å². The molecule has 162 valence electrons. The second kappa shape index (κ2) is 9.40. The molecule has 2 aliphatic heterocycles. The van der Waals surface area contributed by atoms with Crippen molar-refractivity contribution in [3.8, 4) is 11.5 Å². The van der Waals surface area contributed by atoms with Gasteiger partial charge in [-0.05, 0) is 82.1 Å². The molecule has 2 aliphatic rings. The van der Waals surface area contributed by atoms with Gasteiger partial charge in [-0.15, -0.1) is 0 Å². The molecule has 0 unspecified atom stereocenters. The minimum absolute atomic E-state index is 0.00264. The Balaban J connectivity index is 1.32. The summed E-state index contributed by atoms with van der Waals surface area (Å²) in [5.74, 6) is 3.06. The molecule has 0 bridgehead atoms. The molecule has 2 N–H and O–H groups in total. The van der Waals surface area contributed by atoms with Gasteiger partial charge in [0.1, 0.15) is 6.54 Å². The van der Waals surface area contributed by atoms with E-state index in [1.165, 1.54) is 36.0 Å². The zero-order valence-electron chi connectivity index (χ0n) is 18.7. The van der Waals surface area contributed by atoms with Gasteiger partial charge >= 0.3 is 0 Å². The Morgan fingerprint density at radius 1 is 1.07 bits per heavy atom. The molecule has 2 atom stereocenters. The van der Waals surface area contributed by atoms with Crippen molar-refractivity contribution in [2.75, 3.05) is 19.9 Å². The third-order valence-corrected chi connectivity index (χ3v) is 6.55. The normalized spacial score (nSPS) is 20.8. The second-order valence-corrected chi connectivity index (χ2v) is 9.49. The van der Waals surface area contributed by atoms with E-state index in [9.17, 15) is 0 Å². The lowest BCUT2D eigenvalue weighted by Gasteiger charge is -2.39. The van der Waals surface area contributed by atoms with Crippen molar-refractivity contribution in [1.82, 2.24) is 0 Å². The van der Waals surface area contributed by atoms with Crippen LogP contribution < -0.4 is 14.8 Å². The third kappa shape index (κ3) is 5.35. The van der Waals surface area contributed by atoms with E-state index in [2.05, 4.69) is 62.5 Å². The number of quaternary nitrogens is 1. The summed E-state index contributed by atoms with van der Waals surface area (Å²) in [6.07, 6.45) is 4.78. The molecule has 1 fully saturated rings. The van der Waals surface area contributed by atoms with Crippen molar-refractivity contribution in [3.05, 3.63) is 59.2 Å². The summed E-state index contributed by atoms with van der Waals surface area (Å²) in [5.41, 5.74) is 4.12. The van der Waals surface area contributed by atoms with Crippen LogP contribution in [0.4, 0.5) is 0 Å². The Labute approximate surface area is 180 Å². The highest BCUT2D eigenvalue weighted by atomic mass is 16.7. The van der Waals surface area contributed by atoms with Crippen molar-refractivity contribution in [1.29, 1.82) is 0 Å². The molecule has 0 spiro atoms. The van der Waals surface area contributed by atoms with Crippen LogP contribution in [0.15, 0.2) is 42.5 Å². The average molecular weight is 411 g/mol. The van der Waals surface area contributed by atoms with Crippen molar-refractivity contribution in [3.63, 3.8) is 0 Å². The molecule has 30 heavy (non-hydrogen) atoms. The maximum Gasteiger partial charge on any atom is 0.231 e. The number of hydrogen-bond acceptors (Lipinski definition) is 3. The molecule has 0 radical (unpaired) electrons. The van der Waals surface area contributed by atoms with E-state index in [-0.39, 0.29) is 5.60 Å². The molecule has 2 heterocycles. The van der Waals surface area contributed by atoms with Crippen molar-refractivity contribution < 1.29 is 19.5 Å². The molecule has 4 rings (SSSR count). The first-order chi connectivity index (χ1) is 14.5. The van der Waals surface area contributed by atoms with Gasteiger partial charge in [0.05, 0.1) is 12.1 Å². The molecule has 2 aromatic carbocycles. The standard InChI is InChI=1S/C26H35NO3/c1-19-6-9-21(10-7-19)23(22-12-14-30-26(2,3)16-22)5-4-13-27-17-20-8-11-24-25(15-20)29-18-28-24/h6-11,15,22-23,27H,4-5,12-14,16-18H2,1-3H3/p+1/t22-,23-/m0/s1. The molecule has 1 saturated heterocycles. The minimum Gasteiger partial charge on any atom is -0.454 e. The van der Waals surface area contributed by atoms with Crippen LogP contribution in [0.25, 0.3) is 0 Å². The summed E-state index contributed by atoms with van der Waals surface area (Å²) < 4.78 is 16.9. The Hall–Kier alpha value is -2.04. The van der Waals surface area contributed by atoms with Crippen LogP contribution in [0.3, 0.4) is 0 Å². The Morgan fingerprint density at radius 3 is 2.67 bits per heavy atom. The molecule has 0 saturated carbocycles. The monoisotopic (exact) mass is 410 g/mol. The zero-order chi connectivity index (χ0) is 21.0. The van der Waals surface area contributed by atoms with Crippen LogP contribution in [0.5, 0.6) is 11.5 Å². The first-order valence-corrected chi connectivity index (χ1v) is 11.4. The average Bonchev–Trinajstić information content (AvgIpc) is 3.19. The zero-order valence-corrected chi connectivity index (χ0v) is 18.7. The quantitative estimate of drug-likeness (QED) is 0.649. The number of ether oxygens (including phenoxy) is 3. The van der Waals surface area contributed by atoms with E-state index in [0.717, 1.165) is 37.6 Å². The van der Waals surface area contributed by atoms with Gasteiger partial charge in [0.15, 0.2) is 11.5 Å². The van der Waals surface area contributed by atoms with Crippen LogP contribution in [0.2, 0.25) is 0 Å². The number of aryl methyl sites for hydroxylation is 1. The van der Waals surface area contributed by atoms with E-state index in [4.69, 9.17) is 14.2 Å². The number of benzene rings is 2. The molecule has 0 amide bonds. The van der Waals surface area contributed by atoms with Gasteiger partial charge in [-0.1, -0.05) is 29.8 Å². The predicted octanol–water partition coefficient (Wildman–Crippen LogP) is 4.56. The second-order valence-electron chi connectivity index (χ2n) is 9.49. The number of nitrogens with two attached hydrogens (primary N) is 1. The Morgan fingerprint density at radius 2 is 1.87 bits per heavy atom. The minimum atomic E-state index is -0.00264. The van der Waals surface area contributed by atoms with Crippen LogP contribution in [0.1, 0.15) is 62.1 Å². The summed E-state index contributed by atoms with van der Waals surface area (Å²) in [5, 5.41) is 2.41. The summed E-state index contributed by atoms with van der Waals surface area (Å²) in [4.78, 5) is 0. The largest absolute Gasteiger partial charge is 0.454 e. The van der Waals surface area contributed by atoms with Gasteiger partial charge in [-0.3, -0.25) is 0 Å². The molecule has 4 nitrogen and oxygen atoms in total. The lowest BCUT2D eigenvalue weighted by molar-refractivity contribution is -0.671. The van der Waals surface area contributed by atoms with E-state index in [1.54, 1.807) is 0 Å². The van der Waals surface area contributed by atoms with Crippen LogP contribution >= 0.6 is 0 Å². The van der Waals surface area contributed by atoms with Gasteiger partial charge in [-0.25, -0.2) is 0 Å². The topological polar surface area (TPSA) is 44.3 Å². The van der Waals surface area contributed by atoms with Crippen LogP contribution in [0, 0.1) is 12.8 Å². The van der Waals surface area contributed by atoms with Crippen molar-refractivity contribution in [2.45, 2.75) is 64.5 Å². The van der Waals surface area contributed by atoms with Gasteiger partial charge in [0, 0.05) is 12.2 Å². The summed E-state index contributed by atoms with van der Waals surface area (Å²) in [6, 6.07) is 15.5. The maximum atomic E-state index is 6.00. The fourth-order valence-corrected chi connectivity index (χ4v) is 4.93. The first-order valence-electron chi connectivity index (χ1n) is 11.4. The van der Waals surface area contributed by atoms with Crippen molar-refractivity contribution in [2.24, 2.45) is 5.92 Å². The Kier molecular flexibility index (Phi) is 6.64. The van der Waals surface area contributed by atoms with Crippen molar-refractivity contribution >= 4 is 0 Å². The summed E-state index contributed by atoms with van der Waals surface area (Å²) >= 11 is 0.